The van der Waals surface area contributed by atoms with Gasteiger partial charge in [-0.25, -0.2) is 9.67 Å². The van der Waals surface area contributed by atoms with Crippen molar-refractivity contribution >= 4 is 23.4 Å². The zero-order chi connectivity index (χ0) is 15.7. The molecule has 0 N–H and O–H groups in total. The molecule has 3 rings (SSSR count). The lowest BCUT2D eigenvalue weighted by atomic mass is 10.1. The second-order valence-electron chi connectivity index (χ2n) is 4.82. The average Bonchev–Trinajstić information content (AvgIpc) is 3.07. The first-order valence-corrected chi connectivity index (χ1v) is 7.92. The van der Waals surface area contributed by atoms with Crippen molar-refractivity contribution in [3.8, 4) is 11.3 Å². The van der Waals surface area contributed by atoms with E-state index in [9.17, 15) is 0 Å². The Morgan fingerprint density at radius 3 is 2.64 bits per heavy atom. The van der Waals surface area contributed by atoms with Crippen molar-refractivity contribution in [1.82, 2.24) is 25.2 Å². The first kappa shape index (κ1) is 15.1. The van der Waals surface area contributed by atoms with Gasteiger partial charge in [-0.05, 0) is 48.5 Å². The molecule has 0 aliphatic rings. The molecule has 0 bridgehead atoms. The number of rotatable bonds is 4. The number of tetrazole rings is 1. The van der Waals surface area contributed by atoms with Gasteiger partial charge in [0.15, 0.2) is 5.76 Å². The van der Waals surface area contributed by atoms with E-state index in [0.717, 1.165) is 22.2 Å². The molecule has 0 fully saturated rings. The summed E-state index contributed by atoms with van der Waals surface area (Å²) < 4.78 is 7.56. The van der Waals surface area contributed by atoms with E-state index in [1.165, 1.54) is 11.8 Å². The summed E-state index contributed by atoms with van der Waals surface area (Å²) in [6, 6.07) is 7.51. The van der Waals surface area contributed by atoms with Gasteiger partial charge in [-0.15, -0.1) is 5.10 Å². The highest BCUT2D eigenvalue weighted by Gasteiger charge is 2.20. The third-order valence-corrected chi connectivity index (χ3v) is 4.49. The Bertz CT molecular complexity index is 783. The molecule has 0 radical (unpaired) electrons. The van der Waals surface area contributed by atoms with E-state index in [1.807, 2.05) is 38.1 Å². The van der Waals surface area contributed by atoms with Crippen LogP contribution in [0.15, 0.2) is 33.8 Å². The lowest BCUT2D eigenvalue weighted by Gasteiger charge is -2.04. The van der Waals surface area contributed by atoms with E-state index < -0.39 is 0 Å². The Morgan fingerprint density at radius 1 is 1.27 bits per heavy atom. The molecule has 0 amide bonds. The molecular formula is C14H14ClN5OS. The Morgan fingerprint density at radius 2 is 2.00 bits per heavy atom. The third kappa shape index (κ3) is 3.00. The Kier molecular flexibility index (Phi) is 4.17. The summed E-state index contributed by atoms with van der Waals surface area (Å²) in [5, 5.41) is 12.8. The van der Waals surface area contributed by atoms with Crippen LogP contribution >= 0.6 is 23.4 Å². The van der Waals surface area contributed by atoms with E-state index in [2.05, 4.69) is 20.5 Å². The fourth-order valence-electron chi connectivity index (χ4n) is 1.99. The molecule has 114 valence electrons. The van der Waals surface area contributed by atoms with Gasteiger partial charge < -0.3 is 4.42 Å². The summed E-state index contributed by atoms with van der Waals surface area (Å²) in [6.07, 6.45) is 0. The SMILES string of the molecule is Cc1nc([C@H](C)Sc2nnnn2C)oc1-c1ccc(Cl)cc1. The van der Waals surface area contributed by atoms with E-state index in [1.54, 1.807) is 11.7 Å². The molecule has 0 aliphatic heterocycles. The van der Waals surface area contributed by atoms with Crippen molar-refractivity contribution in [2.75, 3.05) is 0 Å². The van der Waals surface area contributed by atoms with Crippen molar-refractivity contribution in [3.05, 3.63) is 40.9 Å². The van der Waals surface area contributed by atoms with Crippen LogP contribution in [0.2, 0.25) is 5.02 Å². The summed E-state index contributed by atoms with van der Waals surface area (Å²) >= 11 is 7.42. The number of benzene rings is 1. The van der Waals surface area contributed by atoms with Crippen LogP contribution < -0.4 is 0 Å². The first-order chi connectivity index (χ1) is 10.5. The van der Waals surface area contributed by atoms with Crippen molar-refractivity contribution in [2.45, 2.75) is 24.3 Å². The number of thioether (sulfide) groups is 1. The largest absolute Gasteiger partial charge is 0.439 e. The van der Waals surface area contributed by atoms with Crippen LogP contribution in [0.25, 0.3) is 11.3 Å². The van der Waals surface area contributed by atoms with Gasteiger partial charge in [0.1, 0.15) is 0 Å². The van der Waals surface area contributed by atoms with E-state index in [0.29, 0.717) is 10.9 Å². The van der Waals surface area contributed by atoms with Crippen molar-refractivity contribution in [1.29, 1.82) is 0 Å². The van der Waals surface area contributed by atoms with Crippen LogP contribution in [0.3, 0.4) is 0 Å². The van der Waals surface area contributed by atoms with Crippen LogP contribution in [0.4, 0.5) is 0 Å². The molecular weight excluding hydrogens is 322 g/mol. The molecule has 6 nitrogen and oxygen atoms in total. The minimum atomic E-state index is 0.00412. The Labute approximate surface area is 136 Å². The minimum Gasteiger partial charge on any atom is -0.439 e. The molecule has 0 aliphatic carbocycles. The Hall–Kier alpha value is -1.86. The maximum absolute atomic E-state index is 5.94. The molecule has 2 heterocycles. The highest BCUT2D eigenvalue weighted by atomic mass is 35.5. The normalized spacial score (nSPS) is 12.5. The van der Waals surface area contributed by atoms with Gasteiger partial charge in [-0.2, -0.15) is 0 Å². The molecule has 3 aromatic rings. The molecule has 0 saturated heterocycles. The smallest absolute Gasteiger partial charge is 0.209 e. The summed E-state index contributed by atoms with van der Waals surface area (Å²) in [5.41, 5.74) is 1.80. The monoisotopic (exact) mass is 335 g/mol. The number of aromatic nitrogens is 5. The van der Waals surface area contributed by atoms with Gasteiger partial charge in [-0.3, -0.25) is 0 Å². The second kappa shape index (κ2) is 6.10. The molecule has 2 aromatic heterocycles. The average molecular weight is 336 g/mol. The topological polar surface area (TPSA) is 69.6 Å². The Balaban J connectivity index is 1.85. The maximum Gasteiger partial charge on any atom is 0.209 e. The molecule has 1 atom stereocenters. The van der Waals surface area contributed by atoms with Crippen molar-refractivity contribution < 1.29 is 4.42 Å². The summed E-state index contributed by atoms with van der Waals surface area (Å²) in [5.74, 6) is 1.41. The fourth-order valence-corrected chi connectivity index (χ4v) is 2.91. The zero-order valence-corrected chi connectivity index (χ0v) is 13.9. The summed E-state index contributed by atoms with van der Waals surface area (Å²) in [4.78, 5) is 4.52. The molecule has 22 heavy (non-hydrogen) atoms. The van der Waals surface area contributed by atoms with Gasteiger partial charge in [0.05, 0.1) is 10.9 Å². The fraction of sp³-hybridized carbons (Fsp3) is 0.286. The molecule has 0 unspecified atom stereocenters. The predicted molar refractivity (Wildman–Crippen MR) is 84.8 cm³/mol. The van der Waals surface area contributed by atoms with E-state index >= 15 is 0 Å². The van der Waals surface area contributed by atoms with Crippen LogP contribution in [-0.2, 0) is 7.05 Å². The lowest BCUT2D eigenvalue weighted by molar-refractivity contribution is 0.509. The number of halogens is 1. The van der Waals surface area contributed by atoms with E-state index in [-0.39, 0.29) is 5.25 Å². The van der Waals surface area contributed by atoms with Crippen LogP contribution in [0.5, 0.6) is 0 Å². The van der Waals surface area contributed by atoms with Crippen molar-refractivity contribution in [3.63, 3.8) is 0 Å². The number of hydrogen-bond acceptors (Lipinski definition) is 6. The molecule has 0 saturated carbocycles. The van der Waals surface area contributed by atoms with Crippen LogP contribution in [-0.4, -0.2) is 25.2 Å². The van der Waals surface area contributed by atoms with Crippen LogP contribution in [0.1, 0.15) is 23.8 Å². The van der Waals surface area contributed by atoms with Gasteiger partial charge in [0.25, 0.3) is 0 Å². The van der Waals surface area contributed by atoms with Crippen LogP contribution in [0, 0.1) is 6.92 Å². The van der Waals surface area contributed by atoms with Crippen molar-refractivity contribution in [2.24, 2.45) is 7.05 Å². The number of nitrogens with zero attached hydrogens (tertiary/aromatic N) is 5. The maximum atomic E-state index is 5.94. The zero-order valence-electron chi connectivity index (χ0n) is 12.3. The summed E-state index contributed by atoms with van der Waals surface area (Å²) in [7, 11) is 1.80. The number of hydrogen-bond donors (Lipinski definition) is 0. The van der Waals surface area contributed by atoms with Gasteiger partial charge in [0.2, 0.25) is 11.0 Å². The number of aryl methyl sites for hydroxylation is 2. The third-order valence-electron chi connectivity index (χ3n) is 3.13. The predicted octanol–water partition coefficient (Wildman–Crippen LogP) is 3.68. The lowest BCUT2D eigenvalue weighted by Crippen LogP contribution is -1.96. The quantitative estimate of drug-likeness (QED) is 0.677. The van der Waals surface area contributed by atoms with Gasteiger partial charge in [-0.1, -0.05) is 23.4 Å². The highest BCUT2D eigenvalue weighted by Crippen LogP contribution is 2.35. The molecule has 0 spiro atoms. The molecule has 8 heteroatoms. The second-order valence-corrected chi connectivity index (χ2v) is 6.56. The van der Waals surface area contributed by atoms with Gasteiger partial charge in [0, 0.05) is 17.6 Å². The summed E-state index contributed by atoms with van der Waals surface area (Å²) in [6.45, 7) is 3.94. The first-order valence-electron chi connectivity index (χ1n) is 6.67. The molecule has 1 aromatic carbocycles. The highest BCUT2D eigenvalue weighted by molar-refractivity contribution is 7.99. The standard InChI is InChI=1S/C14H14ClN5OS/c1-8-12(10-4-6-11(15)7-5-10)21-13(16-8)9(2)22-14-17-18-19-20(14)3/h4-7,9H,1-3H3/t9-/m0/s1. The van der Waals surface area contributed by atoms with Gasteiger partial charge >= 0.3 is 0 Å². The number of oxazole rings is 1. The van der Waals surface area contributed by atoms with E-state index in [4.69, 9.17) is 16.0 Å². The minimum absolute atomic E-state index is 0.00412.